The highest BCUT2D eigenvalue weighted by atomic mass is 16.7. The van der Waals surface area contributed by atoms with Crippen LogP contribution in [0.1, 0.15) is 21.5 Å². The van der Waals surface area contributed by atoms with Crippen LogP contribution in [0.15, 0.2) is 72.8 Å². The van der Waals surface area contributed by atoms with Gasteiger partial charge in [0.15, 0.2) is 17.3 Å². The number of carbonyl (C=O) groups excluding carboxylic acids is 1. The topological polar surface area (TPSA) is 44.8 Å². The molecule has 3 aromatic carbocycles. The quantitative estimate of drug-likeness (QED) is 0.656. The summed E-state index contributed by atoms with van der Waals surface area (Å²) < 4.78 is 16.8. The molecule has 0 spiro atoms. The van der Waals surface area contributed by atoms with Gasteiger partial charge in [0.2, 0.25) is 6.79 Å². The van der Waals surface area contributed by atoms with Gasteiger partial charge in [0.1, 0.15) is 12.4 Å². The van der Waals surface area contributed by atoms with Gasteiger partial charge in [-0.1, -0.05) is 60.7 Å². The summed E-state index contributed by atoms with van der Waals surface area (Å²) in [6, 6.07) is 22.4. The van der Waals surface area contributed by atoms with E-state index in [0.29, 0.717) is 35.0 Å². The van der Waals surface area contributed by atoms with Crippen molar-refractivity contribution in [2.45, 2.75) is 6.61 Å². The Labute approximate surface area is 145 Å². The highest BCUT2D eigenvalue weighted by molar-refractivity contribution is 6.11. The molecule has 0 unspecified atom stereocenters. The maximum Gasteiger partial charge on any atom is 0.231 e. The van der Waals surface area contributed by atoms with E-state index in [-0.39, 0.29) is 12.6 Å². The average molecular weight is 332 g/mol. The Morgan fingerprint density at radius 1 is 0.880 bits per heavy atom. The average Bonchev–Trinajstić information content (AvgIpc) is 3.14. The summed E-state index contributed by atoms with van der Waals surface area (Å²) >= 11 is 0. The largest absolute Gasteiger partial charge is 0.488 e. The standard InChI is InChI=1S/C21H16O4/c22-21(16-9-5-2-6-10-16)17-11-19-20(25-14-24-19)12-18(17)23-13-15-7-3-1-4-8-15/h1-12H,13-14H2. The molecule has 0 aliphatic carbocycles. The van der Waals surface area contributed by atoms with E-state index in [1.807, 2.05) is 48.5 Å². The smallest absolute Gasteiger partial charge is 0.231 e. The lowest BCUT2D eigenvalue weighted by atomic mass is 10.0. The molecule has 3 aromatic rings. The molecule has 25 heavy (non-hydrogen) atoms. The minimum Gasteiger partial charge on any atom is -0.488 e. The van der Waals surface area contributed by atoms with Crippen LogP contribution in [0.5, 0.6) is 17.2 Å². The van der Waals surface area contributed by atoms with Crippen molar-refractivity contribution in [2.24, 2.45) is 0 Å². The van der Waals surface area contributed by atoms with Crippen LogP contribution in [0.2, 0.25) is 0 Å². The first-order valence-electron chi connectivity index (χ1n) is 8.01. The Hall–Kier alpha value is -3.27. The number of hydrogen-bond donors (Lipinski definition) is 0. The number of carbonyl (C=O) groups is 1. The van der Waals surface area contributed by atoms with Crippen LogP contribution < -0.4 is 14.2 Å². The van der Waals surface area contributed by atoms with Crippen LogP contribution >= 0.6 is 0 Å². The zero-order valence-electron chi connectivity index (χ0n) is 13.5. The number of benzene rings is 3. The molecule has 4 nitrogen and oxygen atoms in total. The number of rotatable bonds is 5. The molecule has 0 N–H and O–H groups in total. The predicted molar refractivity (Wildman–Crippen MR) is 93.2 cm³/mol. The third kappa shape index (κ3) is 3.19. The minimum atomic E-state index is -0.109. The molecule has 0 saturated carbocycles. The van der Waals surface area contributed by atoms with Gasteiger partial charge in [-0.25, -0.2) is 0 Å². The maximum atomic E-state index is 12.9. The van der Waals surface area contributed by atoms with E-state index in [1.54, 1.807) is 24.3 Å². The Balaban J connectivity index is 1.68. The Kier molecular flexibility index (Phi) is 4.09. The summed E-state index contributed by atoms with van der Waals surface area (Å²) in [5.41, 5.74) is 2.09. The molecule has 1 aliphatic heterocycles. The monoisotopic (exact) mass is 332 g/mol. The lowest BCUT2D eigenvalue weighted by Gasteiger charge is -2.12. The highest BCUT2D eigenvalue weighted by Gasteiger charge is 2.22. The van der Waals surface area contributed by atoms with Crippen LogP contribution in [0.3, 0.4) is 0 Å². The zero-order valence-corrected chi connectivity index (χ0v) is 13.5. The number of hydrogen-bond acceptors (Lipinski definition) is 4. The summed E-state index contributed by atoms with van der Waals surface area (Å²) in [7, 11) is 0. The number of fused-ring (bicyclic) bond motifs is 1. The van der Waals surface area contributed by atoms with Gasteiger partial charge in [-0.15, -0.1) is 0 Å². The van der Waals surface area contributed by atoms with E-state index in [2.05, 4.69) is 0 Å². The van der Waals surface area contributed by atoms with Crippen molar-refractivity contribution in [1.82, 2.24) is 0 Å². The molecule has 1 heterocycles. The van der Waals surface area contributed by atoms with Gasteiger partial charge in [0, 0.05) is 11.6 Å². The molecule has 0 saturated heterocycles. The van der Waals surface area contributed by atoms with Crippen molar-refractivity contribution in [3.8, 4) is 17.2 Å². The maximum absolute atomic E-state index is 12.9. The van der Waals surface area contributed by atoms with Gasteiger partial charge in [0.05, 0.1) is 5.56 Å². The first-order chi connectivity index (χ1) is 12.3. The molecule has 1 aliphatic rings. The number of ketones is 1. The number of ether oxygens (including phenoxy) is 3. The molecule has 4 rings (SSSR count). The van der Waals surface area contributed by atoms with Crippen molar-refractivity contribution in [1.29, 1.82) is 0 Å². The fourth-order valence-electron chi connectivity index (χ4n) is 2.70. The third-order valence-corrected chi connectivity index (χ3v) is 3.99. The summed E-state index contributed by atoms with van der Waals surface area (Å²) in [5, 5.41) is 0. The van der Waals surface area contributed by atoms with E-state index in [1.165, 1.54) is 0 Å². The molecule has 0 aromatic heterocycles. The normalized spacial score (nSPS) is 12.0. The zero-order chi connectivity index (χ0) is 17.1. The van der Waals surface area contributed by atoms with Gasteiger partial charge in [-0.2, -0.15) is 0 Å². The fourth-order valence-corrected chi connectivity index (χ4v) is 2.70. The summed E-state index contributed by atoms with van der Waals surface area (Å²) in [6.45, 7) is 0.520. The van der Waals surface area contributed by atoms with Crippen molar-refractivity contribution in [3.63, 3.8) is 0 Å². The van der Waals surface area contributed by atoms with E-state index in [9.17, 15) is 4.79 Å². The van der Waals surface area contributed by atoms with E-state index < -0.39 is 0 Å². The minimum absolute atomic E-state index is 0.109. The van der Waals surface area contributed by atoms with Gasteiger partial charge in [-0.3, -0.25) is 4.79 Å². The third-order valence-electron chi connectivity index (χ3n) is 3.99. The van der Waals surface area contributed by atoms with E-state index in [4.69, 9.17) is 14.2 Å². The molecule has 0 bridgehead atoms. The van der Waals surface area contributed by atoms with Crippen LogP contribution in [0, 0.1) is 0 Å². The Morgan fingerprint density at radius 2 is 1.52 bits per heavy atom. The SMILES string of the molecule is O=C(c1ccccc1)c1cc2c(cc1OCc1ccccc1)OCO2. The first kappa shape index (κ1) is 15.3. The molecule has 0 fully saturated rings. The molecule has 124 valence electrons. The van der Waals surface area contributed by atoms with E-state index >= 15 is 0 Å². The first-order valence-corrected chi connectivity index (χ1v) is 8.01. The second kappa shape index (κ2) is 6.69. The molecule has 0 radical (unpaired) electrons. The van der Waals surface area contributed by atoms with Crippen LogP contribution in [-0.4, -0.2) is 12.6 Å². The van der Waals surface area contributed by atoms with E-state index in [0.717, 1.165) is 5.56 Å². The van der Waals surface area contributed by atoms with Gasteiger partial charge in [0.25, 0.3) is 0 Å². The lowest BCUT2D eigenvalue weighted by molar-refractivity contribution is 0.103. The summed E-state index contributed by atoms with van der Waals surface area (Å²) in [6.07, 6.45) is 0. The summed E-state index contributed by atoms with van der Waals surface area (Å²) in [5.74, 6) is 1.53. The van der Waals surface area contributed by atoms with Crippen molar-refractivity contribution in [3.05, 3.63) is 89.5 Å². The second-order valence-corrected chi connectivity index (χ2v) is 5.67. The Bertz CT molecular complexity index is 889. The van der Waals surface area contributed by atoms with Crippen molar-refractivity contribution in [2.75, 3.05) is 6.79 Å². The Morgan fingerprint density at radius 3 is 2.24 bits per heavy atom. The second-order valence-electron chi connectivity index (χ2n) is 5.67. The van der Waals surface area contributed by atoms with Crippen LogP contribution in [0.25, 0.3) is 0 Å². The fraction of sp³-hybridized carbons (Fsp3) is 0.0952. The van der Waals surface area contributed by atoms with Crippen LogP contribution in [-0.2, 0) is 6.61 Å². The van der Waals surface area contributed by atoms with Crippen molar-refractivity contribution < 1.29 is 19.0 Å². The lowest BCUT2D eigenvalue weighted by Crippen LogP contribution is -2.06. The summed E-state index contributed by atoms with van der Waals surface area (Å²) in [4.78, 5) is 12.9. The van der Waals surface area contributed by atoms with Gasteiger partial charge < -0.3 is 14.2 Å². The predicted octanol–water partition coefficient (Wildman–Crippen LogP) is 4.23. The molecular weight excluding hydrogens is 316 g/mol. The van der Waals surface area contributed by atoms with Crippen LogP contribution in [0.4, 0.5) is 0 Å². The van der Waals surface area contributed by atoms with Crippen molar-refractivity contribution >= 4 is 5.78 Å². The highest BCUT2D eigenvalue weighted by Crippen LogP contribution is 2.39. The molecule has 0 atom stereocenters. The molecule has 0 amide bonds. The molecule has 4 heteroatoms. The van der Waals surface area contributed by atoms with Gasteiger partial charge >= 0.3 is 0 Å². The molecular formula is C21H16O4. The van der Waals surface area contributed by atoms with Gasteiger partial charge in [-0.05, 0) is 11.6 Å².